The lowest BCUT2D eigenvalue weighted by Gasteiger charge is -2.19. The zero-order valence-electron chi connectivity index (χ0n) is 32.4. The highest BCUT2D eigenvalue weighted by Crippen LogP contribution is 2.50. The van der Waals surface area contributed by atoms with Gasteiger partial charge in [-0.15, -0.1) is 0 Å². The van der Waals surface area contributed by atoms with Crippen LogP contribution in [0.1, 0.15) is 0 Å². The fourth-order valence-corrected chi connectivity index (χ4v) is 9.93. The van der Waals surface area contributed by atoms with E-state index in [0.717, 1.165) is 76.2 Å². The fraction of sp³-hybridized carbons (Fsp3) is 0. The van der Waals surface area contributed by atoms with E-state index in [4.69, 9.17) is 8.83 Å². The summed E-state index contributed by atoms with van der Waals surface area (Å²) in [4.78, 5) is 0. The van der Waals surface area contributed by atoms with Gasteiger partial charge in [0.25, 0.3) is 0 Å². The summed E-state index contributed by atoms with van der Waals surface area (Å²) in [6.45, 7) is 0. The van der Waals surface area contributed by atoms with Gasteiger partial charge >= 0.3 is 0 Å². The topological polar surface area (TPSA) is 26.3 Å². The van der Waals surface area contributed by atoms with Crippen LogP contribution in [0.2, 0.25) is 0 Å². The van der Waals surface area contributed by atoms with E-state index in [-0.39, 0.29) is 0 Å². The Balaban J connectivity index is 1.13. The zero-order chi connectivity index (χ0) is 39.3. The number of hydrogen-bond donors (Lipinski definition) is 0. The minimum Gasteiger partial charge on any atom is -0.455 e. The summed E-state index contributed by atoms with van der Waals surface area (Å²) in [5, 5.41) is 13.6. The van der Waals surface area contributed by atoms with Gasteiger partial charge in [-0.2, -0.15) is 0 Å². The molecule has 0 spiro atoms. The lowest BCUT2D eigenvalue weighted by molar-refractivity contribution is 0.665. The summed E-state index contributed by atoms with van der Waals surface area (Å²) < 4.78 is 14.2. The second-order valence-electron chi connectivity index (χ2n) is 15.9. The normalized spacial score (nSPS) is 12.0. The van der Waals surface area contributed by atoms with Gasteiger partial charge in [0.15, 0.2) is 0 Å². The molecule has 2 heterocycles. The Hall–Kier alpha value is -7.94. The highest BCUT2D eigenvalue weighted by Gasteiger charge is 2.23. The molecule has 0 saturated heterocycles. The van der Waals surface area contributed by atoms with E-state index in [1.165, 1.54) is 55.3 Å². The molecule has 278 valence electrons. The Kier molecular flexibility index (Phi) is 7.05. The van der Waals surface area contributed by atoms with Gasteiger partial charge < -0.3 is 8.83 Å². The molecule has 0 aliphatic heterocycles. The molecular formula is C58H34O2. The van der Waals surface area contributed by atoms with Crippen LogP contribution in [0.25, 0.3) is 131 Å². The standard InChI is InChI=1S/C58H34O2/c1-3-13-35(14-4-1)37-25-29-39(30-26-37)47-33-49-53-45-21-11-24-52-56(45)54(46-22-12-23-51(55(46)53)59-57(49)43-19-9-7-17-41(43)47)50-34-48(42-18-8-10-20-44(42)58(50)60-52)40-31-27-38(28-32-40)36-15-5-2-6-16-36/h1-34H. The van der Waals surface area contributed by atoms with Gasteiger partial charge in [0.2, 0.25) is 0 Å². The van der Waals surface area contributed by atoms with Crippen molar-refractivity contribution in [3.8, 4) is 44.5 Å². The van der Waals surface area contributed by atoms with Crippen LogP contribution in [0.4, 0.5) is 0 Å². The summed E-state index contributed by atoms with van der Waals surface area (Å²) in [5.74, 6) is 0. The van der Waals surface area contributed by atoms with Crippen LogP contribution in [0, 0.1) is 0 Å². The molecule has 2 heteroatoms. The maximum atomic E-state index is 7.09. The molecule has 2 nitrogen and oxygen atoms in total. The van der Waals surface area contributed by atoms with Crippen LogP contribution in [0.15, 0.2) is 215 Å². The van der Waals surface area contributed by atoms with Crippen molar-refractivity contribution in [1.29, 1.82) is 0 Å². The largest absolute Gasteiger partial charge is 0.455 e. The van der Waals surface area contributed by atoms with Crippen molar-refractivity contribution in [1.82, 2.24) is 0 Å². The van der Waals surface area contributed by atoms with Gasteiger partial charge in [0.1, 0.15) is 22.3 Å². The molecule has 0 radical (unpaired) electrons. The monoisotopic (exact) mass is 762 g/mol. The second kappa shape index (κ2) is 12.8. The zero-order valence-corrected chi connectivity index (χ0v) is 32.4. The predicted octanol–water partition coefficient (Wildman–Crippen LogP) is 16.8. The first-order chi connectivity index (χ1) is 29.8. The molecule has 11 aromatic carbocycles. The van der Waals surface area contributed by atoms with Crippen molar-refractivity contribution in [2.45, 2.75) is 0 Å². The van der Waals surface area contributed by atoms with E-state index >= 15 is 0 Å². The molecule has 0 bridgehead atoms. The molecule has 0 amide bonds. The average molecular weight is 763 g/mol. The first-order valence-electron chi connectivity index (χ1n) is 20.6. The summed E-state index contributed by atoms with van der Waals surface area (Å²) in [5.41, 5.74) is 13.0. The van der Waals surface area contributed by atoms with E-state index in [1.54, 1.807) is 0 Å². The molecule has 0 saturated carbocycles. The lowest BCUT2D eigenvalue weighted by atomic mass is 9.87. The van der Waals surface area contributed by atoms with Crippen molar-refractivity contribution in [2.24, 2.45) is 0 Å². The SMILES string of the molecule is c1ccc(-c2ccc(-c3cc4c(oc5cccc6c5c4c4cccc5oc7c8ccccc8c(-c8ccc(-c9ccccc9)cc8)cc7c6c54)c4ccccc34)cc2)cc1. The summed E-state index contributed by atoms with van der Waals surface area (Å²) in [6.07, 6.45) is 0. The van der Waals surface area contributed by atoms with Crippen molar-refractivity contribution in [3.63, 3.8) is 0 Å². The first kappa shape index (κ1) is 33.1. The van der Waals surface area contributed by atoms with Gasteiger partial charge in [-0.25, -0.2) is 0 Å². The van der Waals surface area contributed by atoms with Gasteiger partial charge in [0, 0.05) is 43.1 Å². The van der Waals surface area contributed by atoms with Crippen molar-refractivity contribution < 1.29 is 8.83 Å². The fourth-order valence-electron chi connectivity index (χ4n) is 9.93. The minimum atomic E-state index is 0.870. The predicted molar refractivity (Wildman–Crippen MR) is 253 cm³/mol. The number of hydrogen-bond acceptors (Lipinski definition) is 2. The van der Waals surface area contributed by atoms with Crippen molar-refractivity contribution in [3.05, 3.63) is 206 Å². The third kappa shape index (κ3) is 4.82. The van der Waals surface area contributed by atoms with Crippen LogP contribution in [0.3, 0.4) is 0 Å². The number of benzene rings is 11. The number of fused-ring (bicyclic) bond motifs is 10. The smallest absolute Gasteiger partial charge is 0.143 e. The maximum absolute atomic E-state index is 7.09. The molecule has 0 unspecified atom stereocenters. The molecule has 13 aromatic rings. The highest BCUT2D eigenvalue weighted by molar-refractivity contribution is 6.41. The highest BCUT2D eigenvalue weighted by atomic mass is 16.3. The van der Waals surface area contributed by atoms with Crippen LogP contribution < -0.4 is 0 Å². The van der Waals surface area contributed by atoms with Crippen LogP contribution in [-0.2, 0) is 0 Å². The van der Waals surface area contributed by atoms with Gasteiger partial charge in [-0.1, -0.05) is 182 Å². The molecule has 0 N–H and O–H groups in total. The summed E-state index contributed by atoms with van der Waals surface area (Å²) in [6, 6.07) is 74.2. The van der Waals surface area contributed by atoms with E-state index in [1.807, 2.05) is 0 Å². The molecule has 0 aliphatic rings. The van der Waals surface area contributed by atoms with E-state index < -0.39 is 0 Å². The Morgan fingerprint density at radius 1 is 0.217 bits per heavy atom. The van der Waals surface area contributed by atoms with Crippen molar-refractivity contribution >= 4 is 87.0 Å². The molecule has 60 heavy (non-hydrogen) atoms. The summed E-state index contributed by atoms with van der Waals surface area (Å²) in [7, 11) is 0. The average Bonchev–Trinajstić information content (AvgIpc) is 3.32. The molecule has 13 rings (SSSR count). The van der Waals surface area contributed by atoms with E-state index in [9.17, 15) is 0 Å². The Morgan fingerprint density at radius 3 is 0.967 bits per heavy atom. The number of rotatable bonds is 4. The van der Waals surface area contributed by atoms with Gasteiger partial charge in [-0.3, -0.25) is 0 Å². The molecule has 0 aliphatic carbocycles. The summed E-state index contributed by atoms with van der Waals surface area (Å²) >= 11 is 0. The Labute approximate surface area is 345 Å². The van der Waals surface area contributed by atoms with Crippen LogP contribution in [-0.4, -0.2) is 0 Å². The molecule has 0 fully saturated rings. The molecule has 0 atom stereocenters. The van der Waals surface area contributed by atoms with Crippen molar-refractivity contribution in [2.75, 3.05) is 0 Å². The Bertz CT molecular complexity index is 3580. The first-order valence-corrected chi connectivity index (χ1v) is 20.6. The van der Waals surface area contributed by atoms with Crippen LogP contribution >= 0.6 is 0 Å². The van der Waals surface area contributed by atoms with Gasteiger partial charge in [-0.05, 0) is 90.3 Å². The van der Waals surface area contributed by atoms with Gasteiger partial charge in [0.05, 0.1) is 0 Å². The minimum absolute atomic E-state index is 0.870. The third-order valence-electron chi connectivity index (χ3n) is 12.7. The van der Waals surface area contributed by atoms with E-state index in [2.05, 4.69) is 206 Å². The lowest BCUT2D eigenvalue weighted by Crippen LogP contribution is -1.93. The molecular weight excluding hydrogens is 729 g/mol. The maximum Gasteiger partial charge on any atom is 0.143 e. The third-order valence-corrected chi connectivity index (χ3v) is 12.7. The van der Waals surface area contributed by atoms with E-state index in [0.29, 0.717) is 0 Å². The second-order valence-corrected chi connectivity index (χ2v) is 15.9. The quantitative estimate of drug-likeness (QED) is 0.132. The van der Waals surface area contributed by atoms with Crippen LogP contribution in [0.5, 0.6) is 0 Å². The molecule has 2 aromatic heterocycles. The Morgan fingerprint density at radius 2 is 0.550 bits per heavy atom.